The van der Waals surface area contributed by atoms with Gasteiger partial charge >= 0.3 is 5.82 Å². The van der Waals surface area contributed by atoms with Gasteiger partial charge in [0.15, 0.2) is 5.58 Å². The molecular weight excluding hydrogens is 356 g/mol. The molecule has 0 spiro atoms. The average molecular weight is 373 g/mol. The van der Waals surface area contributed by atoms with Crippen LogP contribution in [0.5, 0.6) is 0 Å². The number of nitrogen functional groups attached to an aromatic ring is 1. The van der Waals surface area contributed by atoms with Gasteiger partial charge in [0.25, 0.3) is 11.7 Å². The van der Waals surface area contributed by atoms with Gasteiger partial charge in [0.05, 0.1) is 12.3 Å². The molecule has 0 saturated heterocycles. The number of ether oxygens (including phenoxy) is 1. The monoisotopic (exact) mass is 373 g/mol. The average Bonchev–Trinajstić information content (AvgIpc) is 3.21. The molecule has 0 amide bonds. The second-order valence-corrected chi connectivity index (χ2v) is 7.15. The van der Waals surface area contributed by atoms with E-state index >= 15 is 0 Å². The smallest absolute Gasteiger partial charge is 0.344 e. The summed E-state index contributed by atoms with van der Waals surface area (Å²) in [6.07, 6.45) is 3.99. The minimum atomic E-state index is 0.159. The number of nitrogens with zero attached hydrogens (tertiary/aromatic N) is 5. The Kier molecular flexibility index (Phi) is 3.24. The van der Waals surface area contributed by atoms with Crippen molar-refractivity contribution in [1.29, 1.82) is 0 Å². The lowest BCUT2D eigenvalue weighted by Gasteiger charge is -2.17. The molecule has 2 N–H and O–H groups in total. The SMILES string of the molecule is Nc1nc2cc(-c3ccc4ncc([N+]5=C6CCC5COC6)nc4n3)ccc2o1. The van der Waals surface area contributed by atoms with E-state index < -0.39 is 0 Å². The van der Waals surface area contributed by atoms with E-state index in [4.69, 9.17) is 24.9 Å². The van der Waals surface area contributed by atoms with Crippen LogP contribution in [0.4, 0.5) is 11.8 Å². The van der Waals surface area contributed by atoms with Crippen molar-refractivity contribution in [2.24, 2.45) is 0 Å². The number of anilines is 1. The van der Waals surface area contributed by atoms with Gasteiger partial charge in [0.2, 0.25) is 0 Å². The molecule has 5 heterocycles. The summed E-state index contributed by atoms with van der Waals surface area (Å²) in [7, 11) is 0. The Morgan fingerprint density at radius 1 is 1.07 bits per heavy atom. The highest BCUT2D eigenvalue weighted by Gasteiger charge is 2.36. The van der Waals surface area contributed by atoms with Crippen molar-refractivity contribution in [2.75, 3.05) is 18.9 Å². The number of fused-ring (bicyclic) bond motifs is 3. The van der Waals surface area contributed by atoms with Gasteiger partial charge in [-0.2, -0.15) is 4.98 Å². The van der Waals surface area contributed by atoms with E-state index in [1.165, 1.54) is 5.71 Å². The van der Waals surface area contributed by atoms with Crippen molar-refractivity contribution in [3.63, 3.8) is 0 Å². The molecule has 28 heavy (non-hydrogen) atoms. The molecule has 8 heteroatoms. The molecule has 2 aliphatic rings. The summed E-state index contributed by atoms with van der Waals surface area (Å²) in [5.41, 5.74) is 11.4. The number of nitrogens with two attached hydrogens (primary N) is 1. The number of oxazole rings is 1. The van der Waals surface area contributed by atoms with Crippen molar-refractivity contribution in [1.82, 2.24) is 19.9 Å². The highest BCUT2D eigenvalue weighted by molar-refractivity contribution is 5.84. The molecule has 1 aromatic carbocycles. The Labute approximate surface area is 159 Å². The highest BCUT2D eigenvalue weighted by atomic mass is 16.5. The fourth-order valence-electron chi connectivity index (χ4n) is 4.07. The predicted octanol–water partition coefficient (Wildman–Crippen LogP) is 2.69. The zero-order valence-electron chi connectivity index (χ0n) is 15.0. The van der Waals surface area contributed by atoms with Crippen molar-refractivity contribution < 1.29 is 13.7 Å². The Bertz CT molecular complexity index is 1280. The number of benzene rings is 1. The van der Waals surface area contributed by atoms with Crippen molar-refractivity contribution in [3.8, 4) is 11.3 Å². The first kappa shape index (κ1) is 15.6. The van der Waals surface area contributed by atoms with Crippen LogP contribution in [0.2, 0.25) is 0 Å². The van der Waals surface area contributed by atoms with Gasteiger partial charge in [0.1, 0.15) is 35.6 Å². The fourth-order valence-corrected chi connectivity index (χ4v) is 4.07. The van der Waals surface area contributed by atoms with Crippen LogP contribution in [0.25, 0.3) is 33.5 Å². The topological polar surface area (TPSA) is 103 Å². The Hall–Kier alpha value is -3.39. The number of hydrogen-bond acceptors (Lipinski definition) is 7. The molecule has 2 bridgehead atoms. The maximum absolute atomic E-state index is 5.64. The minimum Gasteiger partial charge on any atom is -0.424 e. The van der Waals surface area contributed by atoms with E-state index in [0.717, 1.165) is 42.0 Å². The van der Waals surface area contributed by atoms with Crippen LogP contribution in [-0.2, 0) is 4.74 Å². The van der Waals surface area contributed by atoms with Crippen LogP contribution in [-0.4, -0.2) is 49.5 Å². The van der Waals surface area contributed by atoms with E-state index in [1.807, 2.05) is 36.5 Å². The van der Waals surface area contributed by atoms with Crippen LogP contribution < -0.4 is 5.73 Å². The Balaban J connectivity index is 1.46. The summed E-state index contributed by atoms with van der Waals surface area (Å²) in [5, 5.41) is 0. The van der Waals surface area contributed by atoms with E-state index in [0.29, 0.717) is 29.4 Å². The number of rotatable bonds is 2. The summed E-state index contributed by atoms with van der Waals surface area (Å²) in [6, 6.07) is 10.1. The van der Waals surface area contributed by atoms with Gasteiger partial charge in [-0.05, 0) is 41.7 Å². The molecule has 3 aromatic heterocycles. The maximum atomic E-state index is 5.64. The molecule has 0 saturated carbocycles. The summed E-state index contributed by atoms with van der Waals surface area (Å²) < 4.78 is 13.3. The van der Waals surface area contributed by atoms with Crippen LogP contribution in [0.1, 0.15) is 12.8 Å². The van der Waals surface area contributed by atoms with Gasteiger partial charge in [-0.3, -0.25) is 0 Å². The third-order valence-corrected chi connectivity index (χ3v) is 5.39. The standard InChI is InChI=1S/C20H17N6O2/c21-20-24-16-7-11(1-6-17(16)28-20)14-4-5-15-19(23-14)25-18(8-22-15)26-12-2-3-13(26)10-27-9-12/h1,4-8,12H,2-3,9-10H2,(H2,21,24)/q+1. The second-order valence-electron chi connectivity index (χ2n) is 7.15. The third kappa shape index (κ3) is 2.38. The molecule has 138 valence electrons. The lowest BCUT2D eigenvalue weighted by molar-refractivity contribution is -0.494. The van der Waals surface area contributed by atoms with E-state index in [-0.39, 0.29) is 6.01 Å². The van der Waals surface area contributed by atoms with Crippen LogP contribution >= 0.6 is 0 Å². The zero-order valence-corrected chi connectivity index (χ0v) is 15.0. The highest BCUT2D eigenvalue weighted by Crippen LogP contribution is 2.28. The Morgan fingerprint density at radius 2 is 2.04 bits per heavy atom. The summed E-state index contributed by atoms with van der Waals surface area (Å²) in [5.74, 6) is 0.845. The quantitative estimate of drug-likeness (QED) is 0.539. The first-order valence-corrected chi connectivity index (χ1v) is 9.26. The van der Waals surface area contributed by atoms with Crippen molar-refractivity contribution in [2.45, 2.75) is 18.9 Å². The molecule has 0 radical (unpaired) electrons. The number of pyridine rings is 1. The minimum absolute atomic E-state index is 0.159. The molecular formula is C20H17N6O2+. The fraction of sp³-hybridized carbons (Fsp3) is 0.250. The molecule has 8 nitrogen and oxygen atoms in total. The first-order valence-electron chi connectivity index (χ1n) is 9.26. The van der Waals surface area contributed by atoms with Gasteiger partial charge in [0, 0.05) is 12.0 Å². The molecule has 6 rings (SSSR count). The van der Waals surface area contributed by atoms with E-state index in [1.54, 1.807) is 0 Å². The molecule has 1 atom stereocenters. The number of aromatic nitrogens is 4. The normalized spacial score (nSPS) is 19.1. The van der Waals surface area contributed by atoms with Gasteiger partial charge in [-0.1, -0.05) is 0 Å². The lowest BCUT2D eigenvalue weighted by atomic mass is 10.1. The Morgan fingerprint density at radius 3 is 2.96 bits per heavy atom. The van der Waals surface area contributed by atoms with Crippen LogP contribution in [0.15, 0.2) is 40.9 Å². The molecule has 0 aliphatic carbocycles. The van der Waals surface area contributed by atoms with Crippen LogP contribution in [0, 0.1) is 0 Å². The van der Waals surface area contributed by atoms with Gasteiger partial charge in [-0.25, -0.2) is 14.5 Å². The summed E-state index contributed by atoms with van der Waals surface area (Å²) >= 11 is 0. The lowest BCUT2D eigenvalue weighted by Crippen LogP contribution is -2.33. The third-order valence-electron chi connectivity index (χ3n) is 5.39. The largest absolute Gasteiger partial charge is 0.424 e. The maximum Gasteiger partial charge on any atom is 0.344 e. The molecule has 2 aliphatic heterocycles. The zero-order chi connectivity index (χ0) is 18.7. The first-order chi connectivity index (χ1) is 13.7. The van der Waals surface area contributed by atoms with Crippen molar-refractivity contribution in [3.05, 3.63) is 36.5 Å². The van der Waals surface area contributed by atoms with E-state index in [2.05, 4.69) is 14.5 Å². The summed E-state index contributed by atoms with van der Waals surface area (Å²) in [6.45, 7) is 1.40. The molecule has 1 unspecified atom stereocenters. The second kappa shape index (κ2) is 5.80. The molecule has 4 aromatic rings. The predicted molar refractivity (Wildman–Crippen MR) is 104 cm³/mol. The van der Waals surface area contributed by atoms with Crippen LogP contribution in [0.3, 0.4) is 0 Å². The molecule has 0 fully saturated rings. The van der Waals surface area contributed by atoms with E-state index in [9.17, 15) is 0 Å². The summed E-state index contributed by atoms with van der Waals surface area (Å²) in [4.78, 5) is 18.3. The van der Waals surface area contributed by atoms with Crippen molar-refractivity contribution >= 4 is 39.8 Å². The van der Waals surface area contributed by atoms with Gasteiger partial charge < -0.3 is 14.9 Å². The van der Waals surface area contributed by atoms with Gasteiger partial charge in [-0.15, -0.1) is 0 Å². The number of hydrogen-bond donors (Lipinski definition) is 1.